The number of rotatable bonds is 6. The standard InChI is InChI=1S/C24H25N3O2S2/c1-6-20-19(15-25)22(23(27(20)2)24(28)26-31(4,5)29)17-13-11-16(12-14-17)18-9-7-8-10-21(18)30-3/h7-14H,4,6H2,1-3,5H3,(H,26,28,29). The second kappa shape index (κ2) is 9.04. The van der Waals surface area contributed by atoms with Gasteiger partial charge in [0.15, 0.2) is 0 Å². The smallest absolute Gasteiger partial charge is 0.279 e. The maximum atomic E-state index is 13.0. The number of carbonyl (C=O) groups is 1. The number of hydrogen-bond donors (Lipinski definition) is 1. The lowest BCUT2D eigenvalue weighted by atomic mass is 9.97. The summed E-state index contributed by atoms with van der Waals surface area (Å²) in [5.41, 5.74) is 5.01. The maximum absolute atomic E-state index is 13.0. The number of nitriles is 1. The van der Waals surface area contributed by atoms with Crippen molar-refractivity contribution in [2.45, 2.75) is 18.2 Å². The molecule has 0 aliphatic carbocycles. The average Bonchev–Trinajstić information content (AvgIpc) is 3.04. The van der Waals surface area contributed by atoms with Gasteiger partial charge >= 0.3 is 0 Å². The highest BCUT2D eigenvalue weighted by atomic mass is 32.2. The second-order valence-electron chi connectivity index (χ2n) is 7.28. The van der Waals surface area contributed by atoms with E-state index >= 15 is 0 Å². The molecule has 1 amide bonds. The lowest BCUT2D eigenvalue weighted by Crippen LogP contribution is -2.31. The van der Waals surface area contributed by atoms with Gasteiger partial charge < -0.3 is 4.57 Å². The molecule has 0 fully saturated rings. The first-order valence-electron chi connectivity index (χ1n) is 9.71. The molecule has 0 saturated heterocycles. The average molecular weight is 452 g/mol. The number of nitrogens with one attached hydrogen (secondary N) is 1. The van der Waals surface area contributed by atoms with Crippen molar-refractivity contribution in [2.24, 2.45) is 7.05 Å². The summed E-state index contributed by atoms with van der Waals surface area (Å²) in [7, 11) is -1.00. The highest BCUT2D eigenvalue weighted by Gasteiger charge is 2.26. The van der Waals surface area contributed by atoms with Gasteiger partial charge in [0.25, 0.3) is 5.91 Å². The Labute approximate surface area is 188 Å². The fourth-order valence-electron chi connectivity index (χ4n) is 3.76. The third-order valence-electron chi connectivity index (χ3n) is 5.08. The molecule has 1 unspecified atom stereocenters. The van der Waals surface area contributed by atoms with E-state index in [0.29, 0.717) is 23.2 Å². The molecular weight excluding hydrogens is 426 g/mol. The van der Waals surface area contributed by atoms with Crippen molar-refractivity contribution in [2.75, 3.05) is 12.5 Å². The van der Waals surface area contributed by atoms with E-state index in [1.54, 1.807) is 23.4 Å². The molecular formula is C24H25N3O2S2. The lowest BCUT2D eigenvalue weighted by molar-refractivity contribution is 0.0975. The molecule has 3 aromatic rings. The first kappa shape index (κ1) is 22.7. The Morgan fingerprint density at radius 1 is 1.19 bits per heavy atom. The van der Waals surface area contributed by atoms with E-state index in [4.69, 9.17) is 0 Å². The van der Waals surface area contributed by atoms with Gasteiger partial charge in [0, 0.05) is 39.2 Å². The highest BCUT2D eigenvalue weighted by molar-refractivity contribution is 7.98. The van der Waals surface area contributed by atoms with Gasteiger partial charge in [0.1, 0.15) is 11.8 Å². The molecule has 0 bridgehead atoms. The zero-order valence-corrected chi connectivity index (χ0v) is 19.7. The van der Waals surface area contributed by atoms with Gasteiger partial charge in [0.05, 0.1) is 5.56 Å². The third kappa shape index (κ3) is 4.55. The van der Waals surface area contributed by atoms with Crippen LogP contribution in [0, 0.1) is 11.3 Å². The Morgan fingerprint density at radius 3 is 2.35 bits per heavy atom. The summed E-state index contributed by atoms with van der Waals surface area (Å²) >= 11 is 1.68. The largest absolute Gasteiger partial charge is 0.342 e. The molecule has 7 heteroatoms. The molecule has 1 N–H and O–H groups in total. The predicted octanol–water partition coefficient (Wildman–Crippen LogP) is 4.51. The Hall–Kier alpha value is -2.95. The maximum Gasteiger partial charge on any atom is 0.279 e. The van der Waals surface area contributed by atoms with Crippen LogP contribution in [0.15, 0.2) is 53.4 Å². The molecule has 1 heterocycles. The van der Waals surface area contributed by atoms with Gasteiger partial charge in [-0.15, -0.1) is 11.8 Å². The fourth-order valence-corrected chi connectivity index (χ4v) is 4.87. The van der Waals surface area contributed by atoms with Crippen molar-refractivity contribution in [1.82, 2.24) is 9.29 Å². The molecule has 160 valence electrons. The van der Waals surface area contributed by atoms with Crippen LogP contribution in [0.25, 0.3) is 22.3 Å². The van der Waals surface area contributed by atoms with Crippen LogP contribution in [0.1, 0.15) is 28.7 Å². The summed E-state index contributed by atoms with van der Waals surface area (Å²) < 4.78 is 16.3. The van der Waals surface area contributed by atoms with Crippen LogP contribution in [0.5, 0.6) is 0 Å². The van der Waals surface area contributed by atoms with Gasteiger partial charge in [-0.05, 0) is 41.3 Å². The summed E-state index contributed by atoms with van der Waals surface area (Å²) in [5, 5.41) is 9.88. The third-order valence-corrected chi connectivity index (χ3v) is 6.49. The van der Waals surface area contributed by atoms with Gasteiger partial charge in [-0.1, -0.05) is 49.4 Å². The van der Waals surface area contributed by atoms with Crippen molar-refractivity contribution in [1.29, 1.82) is 5.26 Å². The van der Waals surface area contributed by atoms with E-state index in [1.807, 2.05) is 49.6 Å². The number of benzene rings is 2. The first-order chi connectivity index (χ1) is 14.7. The second-order valence-corrected chi connectivity index (χ2v) is 10.3. The van der Waals surface area contributed by atoms with Gasteiger partial charge in [-0.3, -0.25) is 9.52 Å². The molecule has 1 aromatic heterocycles. The van der Waals surface area contributed by atoms with E-state index in [9.17, 15) is 14.3 Å². The van der Waals surface area contributed by atoms with Crippen LogP contribution < -0.4 is 4.72 Å². The highest BCUT2D eigenvalue weighted by Crippen LogP contribution is 2.35. The predicted molar refractivity (Wildman–Crippen MR) is 131 cm³/mol. The van der Waals surface area contributed by atoms with Crippen LogP contribution >= 0.6 is 11.8 Å². The zero-order valence-electron chi connectivity index (χ0n) is 18.1. The summed E-state index contributed by atoms with van der Waals surface area (Å²) in [6, 6.07) is 18.3. The molecule has 2 aromatic carbocycles. The minimum atomic E-state index is -2.75. The van der Waals surface area contributed by atoms with Crippen molar-refractivity contribution in [3.63, 3.8) is 0 Å². The molecule has 31 heavy (non-hydrogen) atoms. The molecule has 0 radical (unpaired) electrons. The molecule has 0 aliphatic heterocycles. The first-order valence-corrected chi connectivity index (χ1v) is 13.1. The Balaban J connectivity index is 2.18. The van der Waals surface area contributed by atoms with Gasteiger partial charge in [0.2, 0.25) is 0 Å². The lowest BCUT2D eigenvalue weighted by Gasteiger charge is -2.12. The molecule has 3 rings (SSSR count). The number of thioether (sulfide) groups is 1. The Morgan fingerprint density at radius 2 is 1.81 bits per heavy atom. The van der Waals surface area contributed by atoms with E-state index in [2.05, 4.69) is 28.8 Å². The van der Waals surface area contributed by atoms with Gasteiger partial charge in [-0.2, -0.15) is 5.26 Å². The van der Waals surface area contributed by atoms with Crippen LogP contribution in [0.4, 0.5) is 0 Å². The monoisotopic (exact) mass is 451 g/mol. The number of carbonyl (C=O) groups excluding carboxylic acids is 1. The molecule has 0 saturated carbocycles. The number of aromatic nitrogens is 1. The van der Waals surface area contributed by atoms with Crippen LogP contribution in [0.2, 0.25) is 0 Å². The van der Waals surface area contributed by atoms with E-state index in [1.165, 1.54) is 11.2 Å². The molecule has 0 spiro atoms. The summed E-state index contributed by atoms with van der Waals surface area (Å²) in [5.74, 6) is 3.01. The van der Waals surface area contributed by atoms with Crippen molar-refractivity contribution in [3.8, 4) is 28.3 Å². The number of hydrogen-bond acceptors (Lipinski definition) is 4. The topological polar surface area (TPSA) is 74.9 Å². The normalized spacial score (nSPS) is 12.7. The van der Waals surface area contributed by atoms with E-state index < -0.39 is 15.6 Å². The van der Waals surface area contributed by atoms with Crippen molar-refractivity contribution >= 4 is 33.2 Å². The van der Waals surface area contributed by atoms with Crippen molar-refractivity contribution in [3.05, 3.63) is 65.5 Å². The van der Waals surface area contributed by atoms with Crippen LogP contribution in [-0.4, -0.2) is 33.1 Å². The number of nitrogens with zero attached hydrogens (tertiary/aromatic N) is 2. The summed E-state index contributed by atoms with van der Waals surface area (Å²) in [4.78, 5) is 14.2. The Bertz CT molecular complexity index is 1280. The fraction of sp³-hybridized carbons (Fsp3) is 0.208. The quantitative estimate of drug-likeness (QED) is 0.442. The molecule has 0 aliphatic rings. The van der Waals surface area contributed by atoms with E-state index in [0.717, 1.165) is 22.4 Å². The van der Waals surface area contributed by atoms with Crippen LogP contribution in [0.3, 0.4) is 0 Å². The summed E-state index contributed by atoms with van der Waals surface area (Å²) in [6.07, 6.45) is 4.00. The van der Waals surface area contributed by atoms with Crippen molar-refractivity contribution < 1.29 is 9.00 Å². The minimum Gasteiger partial charge on any atom is -0.342 e. The zero-order chi connectivity index (χ0) is 22.8. The number of amides is 1. The SMILES string of the molecule is C=S(C)(=O)NC(=O)c1c(-c2ccc(-c3ccccc3SC)cc2)c(C#N)c(CC)n1C. The minimum absolute atomic E-state index is 0.309. The van der Waals surface area contributed by atoms with Crippen LogP contribution in [-0.2, 0) is 23.2 Å². The molecule has 1 atom stereocenters. The Kier molecular flexibility index (Phi) is 6.63. The van der Waals surface area contributed by atoms with Gasteiger partial charge in [-0.25, -0.2) is 4.21 Å². The van der Waals surface area contributed by atoms with E-state index in [-0.39, 0.29) is 0 Å². The summed E-state index contributed by atoms with van der Waals surface area (Å²) in [6.45, 7) is 1.94. The molecule has 5 nitrogen and oxygen atoms in total.